The second kappa shape index (κ2) is 44.2. The van der Waals surface area contributed by atoms with Crippen LogP contribution in [-0.4, -0.2) is 66.3 Å². The molecule has 3 unspecified atom stereocenters. The lowest BCUT2D eigenvalue weighted by Crippen LogP contribution is -2.29. The van der Waals surface area contributed by atoms with E-state index in [9.17, 15) is 19.4 Å². The van der Waals surface area contributed by atoms with Gasteiger partial charge in [-0.2, -0.15) is 0 Å². The summed E-state index contributed by atoms with van der Waals surface area (Å²) in [4.78, 5) is 22.6. The van der Waals surface area contributed by atoms with Crippen molar-refractivity contribution in [1.29, 1.82) is 0 Å². The molecule has 0 aromatic rings. The average Bonchev–Trinajstić information content (AvgIpc) is 3.21. The summed E-state index contributed by atoms with van der Waals surface area (Å²) in [5.74, 6) is -0.410. The third kappa shape index (κ3) is 43.2. The van der Waals surface area contributed by atoms with Gasteiger partial charge in [0, 0.05) is 13.0 Å². The van der Waals surface area contributed by atoms with Gasteiger partial charge in [0.15, 0.2) is 0 Å². The molecule has 0 aromatic heterocycles. The fourth-order valence-electron chi connectivity index (χ4n) is 5.65. The molecular formula is C48H83O9P. The van der Waals surface area contributed by atoms with Gasteiger partial charge in [-0.25, -0.2) is 4.57 Å². The second-order valence-electron chi connectivity index (χ2n) is 14.7. The zero-order valence-electron chi connectivity index (χ0n) is 36.5. The molecule has 334 valence electrons. The molecule has 0 heterocycles. The summed E-state index contributed by atoms with van der Waals surface area (Å²) < 4.78 is 33.3. The lowest BCUT2D eigenvalue weighted by molar-refractivity contribution is -0.154. The summed E-state index contributed by atoms with van der Waals surface area (Å²) in [5, 5.41) is 18.4. The lowest BCUT2D eigenvalue weighted by atomic mass is 10.1. The number of phosphoric ester groups is 1. The second-order valence-corrected chi connectivity index (χ2v) is 16.1. The van der Waals surface area contributed by atoms with Crippen LogP contribution in [0.2, 0.25) is 0 Å². The number of unbranched alkanes of at least 4 members (excludes halogenated alkanes) is 14. The quantitative estimate of drug-likeness (QED) is 0.0238. The summed E-state index contributed by atoms with van der Waals surface area (Å²) in [5.41, 5.74) is 0. The predicted molar refractivity (Wildman–Crippen MR) is 242 cm³/mol. The fraction of sp³-hybridized carbons (Fsp3) is 0.688. The summed E-state index contributed by atoms with van der Waals surface area (Å²) in [6, 6.07) is 0. The van der Waals surface area contributed by atoms with E-state index in [1.54, 1.807) is 0 Å². The standard InChI is InChI=1S/C48H83O9P/c1-3-5-7-9-11-13-15-17-19-21-22-23-24-25-26-28-30-32-34-36-38-40-48(51)57-47(45-56-58(52,53)55-43-46(50)42-49)44-54-41-39-37-35-33-31-29-27-20-18-16-14-12-10-8-6-4-2/h6,8,12,14-15,17-18,20-22,24-25,29,31,46-47,49-50H,3-5,7,9-11,13,16,19,23,26-28,30,32-45H2,1-2H3,(H,52,53)/b8-6-,14-12-,17-15-,20-18-,22-21-,25-24-,31-29-. The molecule has 0 aromatic carbocycles. The Labute approximate surface area is 354 Å². The highest BCUT2D eigenvalue weighted by molar-refractivity contribution is 7.47. The minimum absolute atomic E-state index is 0.0171. The molecule has 0 aliphatic carbocycles. The molecule has 0 rings (SSSR count). The Morgan fingerprint density at radius 2 is 0.983 bits per heavy atom. The van der Waals surface area contributed by atoms with Crippen LogP contribution in [0.15, 0.2) is 85.1 Å². The van der Waals surface area contributed by atoms with E-state index in [1.165, 1.54) is 38.5 Å². The number of carbonyl (C=O) groups is 1. The van der Waals surface area contributed by atoms with Crippen molar-refractivity contribution in [3.05, 3.63) is 85.1 Å². The number of ether oxygens (including phenoxy) is 2. The minimum atomic E-state index is -4.54. The van der Waals surface area contributed by atoms with Gasteiger partial charge in [-0.1, -0.05) is 157 Å². The minimum Gasteiger partial charge on any atom is -0.457 e. The van der Waals surface area contributed by atoms with Crippen molar-refractivity contribution >= 4 is 13.8 Å². The van der Waals surface area contributed by atoms with Crippen LogP contribution in [-0.2, 0) is 27.9 Å². The molecule has 9 nitrogen and oxygen atoms in total. The third-order valence-corrected chi connectivity index (χ3v) is 10.0. The van der Waals surface area contributed by atoms with Gasteiger partial charge in [-0.05, 0) is 89.9 Å². The highest BCUT2D eigenvalue weighted by Gasteiger charge is 2.26. The highest BCUT2D eigenvalue weighted by Crippen LogP contribution is 2.43. The van der Waals surface area contributed by atoms with E-state index in [0.717, 1.165) is 103 Å². The van der Waals surface area contributed by atoms with Crippen molar-refractivity contribution in [2.75, 3.05) is 33.0 Å². The Morgan fingerprint density at radius 3 is 1.48 bits per heavy atom. The predicted octanol–water partition coefficient (Wildman–Crippen LogP) is 12.7. The molecule has 0 aliphatic heterocycles. The van der Waals surface area contributed by atoms with E-state index in [2.05, 4.69) is 98.9 Å². The van der Waals surface area contributed by atoms with Crippen LogP contribution < -0.4 is 0 Å². The van der Waals surface area contributed by atoms with E-state index in [0.29, 0.717) is 13.0 Å². The number of phosphoric acid groups is 1. The summed E-state index contributed by atoms with van der Waals surface area (Å²) in [6.45, 7) is 3.28. The number of hydrogen-bond acceptors (Lipinski definition) is 8. The van der Waals surface area contributed by atoms with Crippen LogP contribution >= 0.6 is 7.82 Å². The molecule has 0 saturated carbocycles. The van der Waals surface area contributed by atoms with Gasteiger partial charge in [0.1, 0.15) is 12.2 Å². The smallest absolute Gasteiger partial charge is 0.457 e. The number of aliphatic hydroxyl groups excluding tert-OH is 2. The SMILES string of the molecule is CC/C=C\C/C=C\C/C=C\C/C=C\CCCCCOCC(COP(=O)(O)OCC(O)CO)OC(=O)CCCCCCCC/C=C\C/C=C\C/C=C\CCCCCCC. The van der Waals surface area contributed by atoms with Gasteiger partial charge >= 0.3 is 13.8 Å². The first-order valence-corrected chi connectivity index (χ1v) is 24.1. The number of esters is 1. The topological polar surface area (TPSA) is 132 Å². The van der Waals surface area contributed by atoms with Crippen LogP contribution in [0.4, 0.5) is 0 Å². The first-order chi connectivity index (χ1) is 28.3. The Bertz CT molecular complexity index is 1170. The van der Waals surface area contributed by atoms with Crippen LogP contribution in [0.5, 0.6) is 0 Å². The summed E-state index contributed by atoms with van der Waals surface area (Å²) in [7, 11) is -4.54. The largest absolute Gasteiger partial charge is 0.472 e. The van der Waals surface area contributed by atoms with Gasteiger partial charge in [-0.3, -0.25) is 13.8 Å². The molecule has 0 bridgehead atoms. The summed E-state index contributed by atoms with van der Waals surface area (Å²) in [6.07, 6.45) is 54.0. The van der Waals surface area contributed by atoms with Crippen LogP contribution in [0.1, 0.15) is 168 Å². The average molecular weight is 835 g/mol. The van der Waals surface area contributed by atoms with Crippen molar-refractivity contribution in [3.8, 4) is 0 Å². The molecule has 0 fully saturated rings. The van der Waals surface area contributed by atoms with Gasteiger partial charge in [0.05, 0.1) is 26.4 Å². The first kappa shape index (κ1) is 55.6. The Balaban J connectivity index is 4.25. The van der Waals surface area contributed by atoms with E-state index < -0.39 is 45.8 Å². The maximum absolute atomic E-state index is 12.6. The van der Waals surface area contributed by atoms with Gasteiger partial charge < -0.3 is 24.6 Å². The molecule has 3 N–H and O–H groups in total. The zero-order chi connectivity index (χ0) is 42.5. The number of hydrogen-bond donors (Lipinski definition) is 3. The lowest BCUT2D eigenvalue weighted by Gasteiger charge is -2.20. The van der Waals surface area contributed by atoms with E-state index in [1.807, 2.05) is 0 Å². The van der Waals surface area contributed by atoms with Gasteiger partial charge in [0.2, 0.25) is 0 Å². The van der Waals surface area contributed by atoms with Crippen molar-refractivity contribution in [3.63, 3.8) is 0 Å². The van der Waals surface area contributed by atoms with Crippen LogP contribution in [0, 0.1) is 0 Å². The normalized spacial score (nSPS) is 14.8. The number of rotatable bonds is 42. The monoisotopic (exact) mass is 835 g/mol. The van der Waals surface area contributed by atoms with Gasteiger partial charge in [0.25, 0.3) is 0 Å². The number of carbonyl (C=O) groups excluding carboxylic acids is 1. The molecule has 0 radical (unpaired) electrons. The van der Waals surface area contributed by atoms with Crippen molar-refractivity contribution in [2.45, 2.75) is 180 Å². The Hall–Kier alpha value is -2.36. The van der Waals surface area contributed by atoms with E-state index in [4.69, 9.17) is 23.6 Å². The molecule has 3 atom stereocenters. The molecule has 0 amide bonds. The Morgan fingerprint density at radius 1 is 0.552 bits per heavy atom. The van der Waals surface area contributed by atoms with E-state index >= 15 is 0 Å². The first-order valence-electron chi connectivity index (χ1n) is 22.6. The number of allylic oxidation sites excluding steroid dienone is 14. The summed E-state index contributed by atoms with van der Waals surface area (Å²) >= 11 is 0. The molecule has 58 heavy (non-hydrogen) atoms. The molecule has 10 heteroatoms. The zero-order valence-corrected chi connectivity index (χ0v) is 37.4. The van der Waals surface area contributed by atoms with Crippen molar-refractivity contribution < 1.29 is 43.0 Å². The molecule has 0 spiro atoms. The highest BCUT2D eigenvalue weighted by atomic mass is 31.2. The van der Waals surface area contributed by atoms with Crippen LogP contribution in [0.25, 0.3) is 0 Å². The Kier molecular flexibility index (Phi) is 42.4. The van der Waals surface area contributed by atoms with E-state index in [-0.39, 0.29) is 13.0 Å². The molecule has 0 saturated heterocycles. The third-order valence-electron chi connectivity index (χ3n) is 9.06. The fourth-order valence-corrected chi connectivity index (χ4v) is 6.44. The maximum Gasteiger partial charge on any atom is 0.472 e. The molecule has 0 aliphatic rings. The van der Waals surface area contributed by atoms with Crippen molar-refractivity contribution in [2.24, 2.45) is 0 Å². The van der Waals surface area contributed by atoms with Crippen molar-refractivity contribution in [1.82, 2.24) is 0 Å². The number of aliphatic hydroxyl groups is 2. The van der Waals surface area contributed by atoms with Gasteiger partial charge in [-0.15, -0.1) is 0 Å². The molecular weight excluding hydrogens is 751 g/mol. The maximum atomic E-state index is 12.6. The van der Waals surface area contributed by atoms with Crippen LogP contribution in [0.3, 0.4) is 0 Å².